The van der Waals surface area contributed by atoms with Crippen LogP contribution >= 0.6 is 27.3 Å². The van der Waals surface area contributed by atoms with Crippen LogP contribution in [-0.4, -0.2) is 28.3 Å². The van der Waals surface area contributed by atoms with Gasteiger partial charge >= 0.3 is 6.18 Å². The summed E-state index contributed by atoms with van der Waals surface area (Å²) in [5.41, 5.74) is -1.90. The van der Waals surface area contributed by atoms with Gasteiger partial charge in [-0.3, -0.25) is 9.36 Å². The summed E-state index contributed by atoms with van der Waals surface area (Å²) in [6.45, 7) is 1.53. The van der Waals surface area contributed by atoms with Gasteiger partial charge in [-0.25, -0.2) is 13.4 Å². The summed E-state index contributed by atoms with van der Waals surface area (Å²) < 4.78 is 70.9. The fraction of sp³-hybridized carbons (Fsp3) is 0.333. The van der Waals surface area contributed by atoms with Crippen LogP contribution in [0.25, 0.3) is 31.8 Å². The third-order valence-corrected chi connectivity index (χ3v) is 9.36. The number of hydrogen-bond acceptors (Lipinski definition) is 5. The molecule has 0 atom stereocenters. The van der Waals surface area contributed by atoms with Crippen molar-refractivity contribution in [3.8, 4) is 10.7 Å². The van der Waals surface area contributed by atoms with Crippen molar-refractivity contribution in [3.63, 3.8) is 0 Å². The Kier molecular flexibility index (Phi) is 5.07. The lowest BCUT2D eigenvalue weighted by atomic mass is 10.2. The minimum atomic E-state index is -4.71. The van der Waals surface area contributed by atoms with Crippen LogP contribution in [0.3, 0.4) is 0 Å². The predicted octanol–water partition coefficient (Wildman–Crippen LogP) is 5.53. The lowest BCUT2D eigenvalue weighted by molar-refractivity contribution is -0.144. The maximum absolute atomic E-state index is 13.7. The molecule has 0 bridgehead atoms. The van der Waals surface area contributed by atoms with Crippen LogP contribution in [0.4, 0.5) is 13.2 Å². The smallest absolute Gasteiger partial charge is 0.322 e. The Morgan fingerprint density at radius 2 is 1.94 bits per heavy atom. The Labute approximate surface area is 198 Å². The number of hydrogen-bond donors (Lipinski definition) is 0. The Bertz CT molecular complexity index is 1610. The van der Waals surface area contributed by atoms with Crippen LogP contribution in [0.2, 0.25) is 0 Å². The van der Waals surface area contributed by atoms with Crippen molar-refractivity contribution >= 4 is 58.2 Å². The molecule has 12 heteroatoms. The molecule has 0 aliphatic heterocycles. The molecule has 3 heterocycles. The molecule has 0 unspecified atom stereocenters. The molecule has 3 aromatic heterocycles. The number of aromatic nitrogens is 3. The van der Waals surface area contributed by atoms with E-state index in [1.807, 2.05) is 0 Å². The second-order valence-corrected chi connectivity index (χ2v) is 12.1. The molecule has 0 amide bonds. The highest BCUT2D eigenvalue weighted by Crippen LogP contribution is 2.44. The largest absolute Gasteiger partial charge is 0.431 e. The normalized spacial score (nSPS) is 15.1. The van der Waals surface area contributed by atoms with E-state index in [1.54, 1.807) is 18.2 Å². The van der Waals surface area contributed by atoms with Crippen LogP contribution in [0.1, 0.15) is 31.5 Å². The van der Waals surface area contributed by atoms with Crippen LogP contribution in [0, 0.1) is 0 Å². The Morgan fingerprint density at radius 1 is 1.24 bits per heavy atom. The van der Waals surface area contributed by atoms with Crippen molar-refractivity contribution in [2.75, 3.05) is 5.75 Å². The van der Waals surface area contributed by atoms with Crippen molar-refractivity contribution < 1.29 is 21.6 Å². The van der Waals surface area contributed by atoms with Crippen LogP contribution in [-0.2, 0) is 23.1 Å². The molecule has 0 spiro atoms. The molecule has 1 aliphatic rings. The molecule has 6 nitrogen and oxygen atoms in total. The average molecular weight is 560 g/mol. The zero-order valence-corrected chi connectivity index (χ0v) is 20.6. The second-order valence-electron chi connectivity index (χ2n) is 7.97. The Hall–Kier alpha value is -2.18. The first-order valence-electron chi connectivity index (χ1n) is 10.1. The van der Waals surface area contributed by atoms with Crippen molar-refractivity contribution in [2.45, 2.75) is 36.9 Å². The number of thiophene rings is 1. The SMILES string of the molecule is CCS(=O)(=O)c1c(-c2nc3cc(C(F)(F)F)n(C4CC4)c(=O)c3n2C)sc2cc(Br)ccc12. The van der Waals surface area contributed by atoms with Gasteiger partial charge in [0, 0.05) is 27.6 Å². The number of aryl methyl sites for hydroxylation is 1. The van der Waals surface area contributed by atoms with E-state index in [9.17, 15) is 26.4 Å². The van der Waals surface area contributed by atoms with Crippen molar-refractivity contribution in [1.82, 2.24) is 14.1 Å². The van der Waals surface area contributed by atoms with Gasteiger partial charge in [0.15, 0.2) is 15.7 Å². The summed E-state index contributed by atoms with van der Waals surface area (Å²) in [5.74, 6) is -0.00781. The van der Waals surface area contributed by atoms with Crippen LogP contribution in [0.15, 0.2) is 38.4 Å². The van der Waals surface area contributed by atoms with E-state index in [2.05, 4.69) is 20.9 Å². The molecule has 0 saturated heterocycles. The number of nitrogens with zero attached hydrogens (tertiary/aromatic N) is 3. The monoisotopic (exact) mass is 559 g/mol. The number of fused-ring (bicyclic) bond motifs is 2. The molecule has 1 aliphatic carbocycles. The van der Waals surface area contributed by atoms with Crippen LogP contribution < -0.4 is 5.56 Å². The summed E-state index contributed by atoms with van der Waals surface area (Å²) >= 11 is 4.56. The van der Waals surface area contributed by atoms with Gasteiger partial charge in [-0.15, -0.1) is 11.3 Å². The number of halogens is 4. The lowest BCUT2D eigenvalue weighted by Gasteiger charge is -2.15. The maximum Gasteiger partial charge on any atom is 0.431 e. The molecule has 5 rings (SSSR count). The highest BCUT2D eigenvalue weighted by atomic mass is 79.9. The van der Waals surface area contributed by atoms with E-state index in [0.29, 0.717) is 27.8 Å². The van der Waals surface area contributed by atoms with E-state index < -0.39 is 33.3 Å². The van der Waals surface area contributed by atoms with Gasteiger partial charge in [-0.1, -0.05) is 28.9 Å². The molecule has 0 N–H and O–H groups in total. The molecular weight excluding hydrogens is 543 g/mol. The van der Waals surface area contributed by atoms with E-state index in [-0.39, 0.29) is 27.5 Å². The fourth-order valence-corrected chi connectivity index (χ4v) is 7.48. The molecule has 1 saturated carbocycles. The van der Waals surface area contributed by atoms with E-state index in [1.165, 1.54) is 29.9 Å². The lowest BCUT2D eigenvalue weighted by Crippen LogP contribution is -2.28. The van der Waals surface area contributed by atoms with Crippen LogP contribution in [0.5, 0.6) is 0 Å². The molecule has 33 heavy (non-hydrogen) atoms. The molecule has 1 aromatic carbocycles. The summed E-state index contributed by atoms with van der Waals surface area (Å²) in [7, 11) is -2.18. The minimum absolute atomic E-state index is 0.0170. The standard InChI is InChI=1S/C21H17BrF3N3O3S2/c1-3-33(30,31)18-12-7-4-10(22)8-14(12)32-17(18)19-26-13-9-15(21(23,24)25)28(11-5-6-11)20(29)16(13)27(19)2/h4,7-9,11H,3,5-6H2,1-2H3. The quantitative estimate of drug-likeness (QED) is 0.329. The molecule has 0 radical (unpaired) electrons. The minimum Gasteiger partial charge on any atom is -0.322 e. The number of sulfone groups is 1. The fourth-order valence-electron chi connectivity index (χ4n) is 4.06. The van der Waals surface area contributed by atoms with E-state index in [4.69, 9.17) is 0 Å². The third-order valence-electron chi connectivity index (χ3n) is 5.78. The van der Waals surface area contributed by atoms with Gasteiger partial charge < -0.3 is 4.57 Å². The number of rotatable bonds is 4. The van der Waals surface area contributed by atoms with Crippen molar-refractivity contribution in [2.24, 2.45) is 7.05 Å². The molecule has 1 fully saturated rings. The summed E-state index contributed by atoms with van der Waals surface area (Å²) in [6, 6.07) is 5.59. The second kappa shape index (κ2) is 7.41. The maximum atomic E-state index is 13.7. The predicted molar refractivity (Wildman–Crippen MR) is 124 cm³/mol. The van der Waals surface area contributed by atoms with Gasteiger partial charge in [0.05, 0.1) is 21.0 Å². The van der Waals surface area contributed by atoms with Gasteiger partial charge in [0.2, 0.25) is 0 Å². The van der Waals surface area contributed by atoms with E-state index >= 15 is 0 Å². The highest BCUT2D eigenvalue weighted by Gasteiger charge is 2.40. The average Bonchev–Trinajstić information content (AvgIpc) is 3.41. The Balaban J connectivity index is 1.87. The Morgan fingerprint density at radius 3 is 2.55 bits per heavy atom. The zero-order chi connectivity index (χ0) is 23.9. The summed E-state index contributed by atoms with van der Waals surface area (Å²) in [4.78, 5) is 17.9. The molecular formula is C21H17BrF3N3O3S2. The molecule has 4 aromatic rings. The zero-order valence-electron chi connectivity index (χ0n) is 17.4. The molecule has 174 valence electrons. The summed E-state index contributed by atoms with van der Waals surface area (Å²) in [6.07, 6.45) is -3.71. The summed E-state index contributed by atoms with van der Waals surface area (Å²) in [5, 5.41) is 0.512. The number of pyridine rings is 1. The van der Waals surface area contributed by atoms with Crippen molar-refractivity contribution in [3.05, 3.63) is 44.8 Å². The number of benzene rings is 1. The first kappa shape index (κ1) is 22.6. The highest BCUT2D eigenvalue weighted by molar-refractivity contribution is 9.10. The van der Waals surface area contributed by atoms with Gasteiger partial charge in [-0.2, -0.15) is 13.2 Å². The number of alkyl halides is 3. The number of imidazole rings is 1. The van der Waals surface area contributed by atoms with Gasteiger partial charge in [-0.05, 0) is 31.0 Å². The first-order chi connectivity index (χ1) is 15.4. The van der Waals surface area contributed by atoms with Gasteiger partial charge in [0.1, 0.15) is 11.2 Å². The van der Waals surface area contributed by atoms with E-state index in [0.717, 1.165) is 15.1 Å². The third kappa shape index (κ3) is 3.53. The topological polar surface area (TPSA) is 74.0 Å². The van der Waals surface area contributed by atoms with Gasteiger partial charge in [0.25, 0.3) is 5.56 Å². The first-order valence-corrected chi connectivity index (χ1v) is 13.3. The van der Waals surface area contributed by atoms with Crippen molar-refractivity contribution in [1.29, 1.82) is 0 Å².